The molecule has 3 rings (SSSR count). The van der Waals surface area contributed by atoms with Crippen LogP contribution in [0.3, 0.4) is 0 Å². The second-order valence-electron chi connectivity index (χ2n) is 6.43. The lowest BCUT2D eigenvalue weighted by molar-refractivity contribution is 0.151. The minimum atomic E-state index is -3.72. The number of hydrogen-bond donors (Lipinski definition) is 3. The summed E-state index contributed by atoms with van der Waals surface area (Å²) in [7, 11) is -3.72. The van der Waals surface area contributed by atoms with Crippen molar-refractivity contribution >= 4 is 37.9 Å². The molecule has 1 aliphatic heterocycles. The van der Waals surface area contributed by atoms with Gasteiger partial charge in [0.15, 0.2) is 0 Å². The van der Waals surface area contributed by atoms with E-state index in [9.17, 15) is 13.2 Å². The Bertz CT molecular complexity index is 743. The molecular formula is C14H19BrN4O4S. The number of sulfonamides is 1. The highest BCUT2D eigenvalue weighted by molar-refractivity contribution is 9.10. The summed E-state index contributed by atoms with van der Waals surface area (Å²) in [5.74, 6) is 0.833. The van der Waals surface area contributed by atoms with E-state index < -0.39 is 16.1 Å². The highest BCUT2D eigenvalue weighted by Gasteiger charge is 2.42. The quantitative estimate of drug-likeness (QED) is 0.676. The molecule has 24 heavy (non-hydrogen) atoms. The van der Waals surface area contributed by atoms with Crippen LogP contribution in [-0.2, 0) is 10.0 Å². The van der Waals surface area contributed by atoms with Crippen molar-refractivity contribution in [2.75, 3.05) is 25.4 Å². The van der Waals surface area contributed by atoms with E-state index in [2.05, 4.69) is 25.6 Å². The number of carbonyl (C=O) groups is 1. The van der Waals surface area contributed by atoms with Crippen molar-refractivity contribution < 1.29 is 18.3 Å². The zero-order valence-corrected chi connectivity index (χ0v) is 15.3. The number of fused-ring (bicyclic) bond motifs is 1. The Balaban J connectivity index is 1.59. The number of nitrogens with one attached hydrogen (secondary N) is 1. The van der Waals surface area contributed by atoms with E-state index in [-0.39, 0.29) is 16.6 Å². The Morgan fingerprint density at radius 1 is 1.42 bits per heavy atom. The fraction of sp³-hybridized carbons (Fsp3) is 0.571. The van der Waals surface area contributed by atoms with Crippen molar-refractivity contribution in [2.24, 2.45) is 17.8 Å². The first-order chi connectivity index (χ1) is 11.3. The van der Waals surface area contributed by atoms with E-state index >= 15 is 0 Å². The number of pyridine rings is 1. The lowest BCUT2D eigenvalue weighted by atomic mass is 10.0. The van der Waals surface area contributed by atoms with Crippen molar-refractivity contribution in [1.82, 2.24) is 14.6 Å². The Kier molecular flexibility index (Phi) is 4.71. The summed E-state index contributed by atoms with van der Waals surface area (Å²) in [6, 6.07) is 1.43. The van der Waals surface area contributed by atoms with Crippen LogP contribution in [0.2, 0.25) is 0 Å². The lowest BCUT2D eigenvalue weighted by Crippen LogP contribution is -2.31. The topological polar surface area (TPSA) is 126 Å². The smallest absolute Gasteiger partial charge is 0.407 e. The maximum absolute atomic E-state index is 12.4. The lowest BCUT2D eigenvalue weighted by Gasteiger charge is -2.17. The van der Waals surface area contributed by atoms with Crippen LogP contribution in [0, 0.1) is 17.8 Å². The monoisotopic (exact) mass is 418 g/mol. The molecule has 2 heterocycles. The highest BCUT2D eigenvalue weighted by atomic mass is 79.9. The third-order valence-electron chi connectivity index (χ3n) is 4.82. The van der Waals surface area contributed by atoms with E-state index in [0.29, 0.717) is 35.9 Å². The average Bonchev–Trinajstić information content (AvgIpc) is 3.06. The molecule has 1 saturated heterocycles. The van der Waals surface area contributed by atoms with Crippen LogP contribution in [0.5, 0.6) is 0 Å². The van der Waals surface area contributed by atoms with Crippen LogP contribution in [0.15, 0.2) is 21.6 Å². The Morgan fingerprint density at radius 2 is 2.04 bits per heavy atom. The van der Waals surface area contributed by atoms with Gasteiger partial charge in [-0.2, -0.15) is 0 Å². The maximum Gasteiger partial charge on any atom is 0.407 e. The van der Waals surface area contributed by atoms with Gasteiger partial charge in [0.1, 0.15) is 10.7 Å². The number of nitrogen functional groups attached to an aromatic ring is 1. The predicted molar refractivity (Wildman–Crippen MR) is 90.8 cm³/mol. The van der Waals surface area contributed by atoms with Gasteiger partial charge in [-0.3, -0.25) is 0 Å². The van der Waals surface area contributed by atoms with Crippen molar-refractivity contribution in [3.05, 3.63) is 16.7 Å². The minimum absolute atomic E-state index is 0.0351. The molecule has 0 radical (unpaired) electrons. The molecule has 1 aromatic heterocycles. The third-order valence-corrected chi connectivity index (χ3v) is 6.71. The van der Waals surface area contributed by atoms with E-state index in [4.69, 9.17) is 10.8 Å². The molecule has 8 nitrogen and oxygen atoms in total. The van der Waals surface area contributed by atoms with Gasteiger partial charge in [-0.05, 0) is 52.6 Å². The summed E-state index contributed by atoms with van der Waals surface area (Å²) in [5, 5.41) is 9.03. The van der Waals surface area contributed by atoms with Gasteiger partial charge in [0.2, 0.25) is 10.0 Å². The van der Waals surface area contributed by atoms with Gasteiger partial charge in [0.05, 0.1) is 0 Å². The van der Waals surface area contributed by atoms with Gasteiger partial charge in [-0.25, -0.2) is 22.9 Å². The van der Waals surface area contributed by atoms with Crippen molar-refractivity contribution in [1.29, 1.82) is 0 Å². The number of anilines is 1. The molecular weight excluding hydrogens is 400 g/mol. The first-order valence-electron chi connectivity index (χ1n) is 7.65. The van der Waals surface area contributed by atoms with Gasteiger partial charge < -0.3 is 15.7 Å². The van der Waals surface area contributed by atoms with E-state index in [0.717, 1.165) is 12.8 Å². The number of amides is 1. The summed E-state index contributed by atoms with van der Waals surface area (Å²) in [6.45, 7) is 1.42. The van der Waals surface area contributed by atoms with Gasteiger partial charge in [0.25, 0.3) is 0 Å². The van der Waals surface area contributed by atoms with Crippen LogP contribution < -0.4 is 10.5 Å². The number of nitrogens with zero attached hydrogens (tertiary/aromatic N) is 2. The van der Waals surface area contributed by atoms with E-state index in [1.165, 1.54) is 17.2 Å². The molecule has 0 bridgehead atoms. The second-order valence-corrected chi connectivity index (χ2v) is 9.09. The maximum atomic E-state index is 12.4. The minimum Gasteiger partial charge on any atom is -0.465 e. The molecule has 0 aromatic carbocycles. The summed E-state index contributed by atoms with van der Waals surface area (Å²) in [5.41, 5.74) is 5.67. The average molecular weight is 419 g/mol. The number of halogens is 1. The Labute approximate surface area is 148 Å². The Hall–Kier alpha value is -1.39. The molecule has 132 valence electrons. The van der Waals surface area contributed by atoms with Crippen LogP contribution in [0.4, 0.5) is 10.6 Å². The molecule has 2 fully saturated rings. The number of hydrogen-bond acceptors (Lipinski definition) is 5. The summed E-state index contributed by atoms with van der Waals surface area (Å²) in [4.78, 5) is 16.3. The number of rotatable bonds is 4. The predicted octanol–water partition coefficient (Wildman–Crippen LogP) is 1.34. The van der Waals surface area contributed by atoms with Crippen molar-refractivity contribution in [2.45, 2.75) is 17.7 Å². The molecule has 2 atom stereocenters. The molecule has 0 spiro atoms. The molecule has 1 aromatic rings. The zero-order chi connectivity index (χ0) is 17.5. The van der Waals surface area contributed by atoms with E-state index in [1.54, 1.807) is 0 Å². The van der Waals surface area contributed by atoms with Crippen LogP contribution in [0.25, 0.3) is 0 Å². The molecule has 10 heteroatoms. The van der Waals surface area contributed by atoms with Crippen molar-refractivity contribution in [3.8, 4) is 0 Å². The van der Waals surface area contributed by atoms with Gasteiger partial charge >= 0.3 is 6.09 Å². The van der Waals surface area contributed by atoms with Gasteiger partial charge in [-0.15, -0.1) is 0 Å². The fourth-order valence-electron chi connectivity index (χ4n) is 3.70. The number of likely N-dealkylation sites (tertiary alicyclic amines) is 1. The number of carboxylic acid groups (broad SMARTS) is 1. The summed E-state index contributed by atoms with van der Waals surface area (Å²) < 4.78 is 28.0. The van der Waals surface area contributed by atoms with Gasteiger partial charge in [0, 0.05) is 30.3 Å². The standard InChI is InChI=1S/C14H19BrN4O4S/c15-11-3-12(13(16)17-5-11)24(22,23)18-4-8-1-9-6-19(14(20)21)7-10(9)2-8/h3,5,8-10,18H,1-2,4,6-7H2,(H2,16,17)(H,20,21). The van der Waals surface area contributed by atoms with Crippen molar-refractivity contribution in [3.63, 3.8) is 0 Å². The SMILES string of the molecule is Nc1ncc(Br)cc1S(=O)(=O)NCC1CC2CN(C(=O)O)CC2C1. The van der Waals surface area contributed by atoms with E-state index in [1.807, 2.05) is 0 Å². The molecule has 1 aliphatic carbocycles. The molecule has 2 unspecified atom stereocenters. The summed E-state index contributed by atoms with van der Waals surface area (Å²) >= 11 is 3.19. The first-order valence-corrected chi connectivity index (χ1v) is 9.92. The molecule has 1 saturated carbocycles. The molecule has 1 amide bonds. The highest BCUT2D eigenvalue weighted by Crippen LogP contribution is 2.41. The Morgan fingerprint density at radius 3 is 2.62 bits per heavy atom. The molecule has 2 aliphatic rings. The van der Waals surface area contributed by atoms with Gasteiger partial charge in [-0.1, -0.05) is 0 Å². The first kappa shape index (κ1) is 17.4. The summed E-state index contributed by atoms with van der Waals surface area (Å²) in [6.07, 6.45) is 2.24. The number of aromatic nitrogens is 1. The third kappa shape index (κ3) is 3.50. The largest absolute Gasteiger partial charge is 0.465 e. The zero-order valence-electron chi connectivity index (χ0n) is 12.9. The number of nitrogens with two attached hydrogens (primary N) is 1. The normalized spacial score (nSPS) is 26.5. The molecule has 4 N–H and O–H groups in total. The van der Waals surface area contributed by atoms with Crippen LogP contribution in [-0.4, -0.2) is 49.1 Å². The second kappa shape index (κ2) is 6.49. The fourth-order valence-corrected chi connectivity index (χ4v) is 5.40. The van der Waals surface area contributed by atoms with Crippen LogP contribution >= 0.6 is 15.9 Å². The van der Waals surface area contributed by atoms with Crippen LogP contribution in [0.1, 0.15) is 12.8 Å².